The lowest BCUT2D eigenvalue weighted by Crippen LogP contribution is -2.44. The Labute approximate surface area is 108 Å². The molecule has 1 aliphatic heterocycles. The molecule has 1 aromatic heterocycles. The van der Waals surface area contributed by atoms with E-state index in [0.717, 1.165) is 19.6 Å². The van der Waals surface area contributed by atoms with Crippen LogP contribution in [0, 0.1) is 5.92 Å². The van der Waals surface area contributed by atoms with Gasteiger partial charge in [-0.25, -0.2) is 0 Å². The Hall–Kier alpha value is -0.380. The summed E-state index contributed by atoms with van der Waals surface area (Å²) in [6.07, 6.45) is 3.89. The van der Waals surface area contributed by atoms with Crippen molar-refractivity contribution in [2.45, 2.75) is 45.3 Å². The molecule has 3 atom stereocenters. The monoisotopic (exact) mass is 253 g/mol. The molecule has 96 valence electrons. The molecule has 2 nitrogen and oxygen atoms in total. The lowest BCUT2D eigenvalue weighted by molar-refractivity contribution is 0.0612. The zero-order valence-electron chi connectivity index (χ0n) is 10.8. The Morgan fingerprint density at radius 1 is 1.59 bits per heavy atom. The van der Waals surface area contributed by atoms with Crippen LogP contribution >= 0.6 is 11.3 Å². The van der Waals surface area contributed by atoms with Gasteiger partial charge >= 0.3 is 0 Å². The molecule has 0 amide bonds. The molecule has 1 saturated heterocycles. The van der Waals surface area contributed by atoms with Crippen LogP contribution in [0.25, 0.3) is 0 Å². The second-order valence-corrected chi connectivity index (χ2v) is 5.98. The van der Waals surface area contributed by atoms with E-state index in [1.54, 1.807) is 0 Å². The van der Waals surface area contributed by atoms with Crippen molar-refractivity contribution in [3.63, 3.8) is 0 Å². The predicted molar refractivity (Wildman–Crippen MR) is 73.6 cm³/mol. The quantitative estimate of drug-likeness (QED) is 0.841. The zero-order valence-corrected chi connectivity index (χ0v) is 11.6. The fourth-order valence-corrected chi connectivity index (χ4v) is 3.28. The van der Waals surface area contributed by atoms with Crippen LogP contribution in [-0.4, -0.2) is 25.3 Å². The fourth-order valence-electron chi connectivity index (χ4n) is 2.51. The fraction of sp³-hybridized carbons (Fsp3) is 0.714. The number of hydrogen-bond donors (Lipinski definition) is 1. The molecule has 0 radical (unpaired) electrons. The molecule has 3 heteroatoms. The zero-order chi connectivity index (χ0) is 12.1. The Bertz CT molecular complexity index is 312. The Morgan fingerprint density at radius 3 is 3.06 bits per heavy atom. The molecule has 2 rings (SSSR count). The smallest absolute Gasteiger partial charge is 0.0757 e. The minimum atomic E-state index is 0.392. The van der Waals surface area contributed by atoms with E-state index in [4.69, 9.17) is 4.74 Å². The maximum atomic E-state index is 5.92. The first kappa shape index (κ1) is 13.1. The highest BCUT2D eigenvalue weighted by Crippen LogP contribution is 2.25. The summed E-state index contributed by atoms with van der Waals surface area (Å²) >= 11 is 1.85. The summed E-state index contributed by atoms with van der Waals surface area (Å²) < 4.78 is 5.92. The molecule has 0 bridgehead atoms. The molecule has 2 heterocycles. The first-order valence-electron chi connectivity index (χ1n) is 6.68. The van der Waals surface area contributed by atoms with Crippen molar-refractivity contribution in [1.29, 1.82) is 0 Å². The highest BCUT2D eigenvalue weighted by atomic mass is 32.1. The summed E-state index contributed by atoms with van der Waals surface area (Å²) in [5.74, 6) is 0.685. The molecule has 0 aromatic carbocycles. The van der Waals surface area contributed by atoms with Crippen molar-refractivity contribution in [2.75, 3.05) is 13.2 Å². The second-order valence-electron chi connectivity index (χ2n) is 4.95. The lowest BCUT2D eigenvalue weighted by Gasteiger charge is -2.27. The average molecular weight is 253 g/mol. The average Bonchev–Trinajstić information content (AvgIpc) is 2.95. The molecule has 1 aromatic rings. The van der Waals surface area contributed by atoms with Crippen molar-refractivity contribution < 1.29 is 4.74 Å². The van der Waals surface area contributed by atoms with E-state index in [2.05, 4.69) is 36.7 Å². The molecule has 1 N–H and O–H groups in total. The van der Waals surface area contributed by atoms with Crippen molar-refractivity contribution in [3.05, 3.63) is 22.4 Å². The topological polar surface area (TPSA) is 21.3 Å². The highest BCUT2D eigenvalue weighted by molar-refractivity contribution is 7.09. The third kappa shape index (κ3) is 3.54. The van der Waals surface area contributed by atoms with Gasteiger partial charge in [-0.15, -0.1) is 11.3 Å². The van der Waals surface area contributed by atoms with Gasteiger partial charge in [-0.3, -0.25) is 0 Å². The molecule has 0 saturated carbocycles. The molecule has 0 aliphatic carbocycles. The SMILES string of the molecule is CCCNC(Cc1cccs1)C1OCCC1C. The van der Waals surface area contributed by atoms with Gasteiger partial charge < -0.3 is 10.1 Å². The van der Waals surface area contributed by atoms with E-state index in [9.17, 15) is 0 Å². The number of thiophene rings is 1. The van der Waals surface area contributed by atoms with Gasteiger partial charge in [0.15, 0.2) is 0 Å². The van der Waals surface area contributed by atoms with Crippen LogP contribution in [-0.2, 0) is 11.2 Å². The molecular weight excluding hydrogens is 230 g/mol. The Balaban J connectivity index is 1.97. The van der Waals surface area contributed by atoms with Gasteiger partial charge in [-0.1, -0.05) is 19.9 Å². The van der Waals surface area contributed by atoms with E-state index >= 15 is 0 Å². The first-order valence-corrected chi connectivity index (χ1v) is 7.56. The van der Waals surface area contributed by atoms with Gasteiger partial charge in [0.2, 0.25) is 0 Å². The van der Waals surface area contributed by atoms with Crippen LogP contribution in [0.4, 0.5) is 0 Å². The summed E-state index contributed by atoms with van der Waals surface area (Å²) in [7, 11) is 0. The third-order valence-electron chi connectivity index (χ3n) is 3.50. The summed E-state index contributed by atoms with van der Waals surface area (Å²) in [4.78, 5) is 1.46. The van der Waals surface area contributed by atoms with Crippen molar-refractivity contribution in [3.8, 4) is 0 Å². The minimum absolute atomic E-state index is 0.392. The maximum absolute atomic E-state index is 5.92. The summed E-state index contributed by atoms with van der Waals surface area (Å²) in [5, 5.41) is 5.82. The Kier molecular flexibility index (Phi) is 5.01. The number of nitrogens with one attached hydrogen (secondary N) is 1. The minimum Gasteiger partial charge on any atom is -0.376 e. The van der Waals surface area contributed by atoms with E-state index in [1.165, 1.54) is 17.7 Å². The first-order chi connectivity index (χ1) is 8.31. The van der Waals surface area contributed by atoms with Crippen molar-refractivity contribution in [1.82, 2.24) is 5.32 Å². The van der Waals surface area contributed by atoms with Gasteiger partial charge in [0, 0.05) is 17.5 Å². The van der Waals surface area contributed by atoms with Crippen LogP contribution in [0.1, 0.15) is 31.6 Å². The second kappa shape index (κ2) is 6.53. The van der Waals surface area contributed by atoms with E-state index in [0.29, 0.717) is 18.1 Å². The van der Waals surface area contributed by atoms with E-state index in [-0.39, 0.29) is 0 Å². The predicted octanol–water partition coefficient (Wildman–Crippen LogP) is 3.08. The van der Waals surface area contributed by atoms with Crippen LogP contribution in [0.2, 0.25) is 0 Å². The lowest BCUT2D eigenvalue weighted by atomic mass is 9.95. The highest BCUT2D eigenvalue weighted by Gasteiger charge is 2.31. The standard InChI is InChI=1S/C14H23NOS/c1-3-7-15-13(10-12-5-4-9-17-12)14-11(2)6-8-16-14/h4-5,9,11,13-15H,3,6-8,10H2,1-2H3. The van der Waals surface area contributed by atoms with Crippen molar-refractivity contribution >= 4 is 11.3 Å². The van der Waals surface area contributed by atoms with Gasteiger partial charge in [0.25, 0.3) is 0 Å². The summed E-state index contributed by atoms with van der Waals surface area (Å²) in [6.45, 7) is 6.55. The largest absolute Gasteiger partial charge is 0.376 e. The van der Waals surface area contributed by atoms with E-state index in [1.807, 2.05) is 11.3 Å². The number of rotatable bonds is 6. The summed E-state index contributed by atoms with van der Waals surface area (Å²) in [5.41, 5.74) is 0. The Morgan fingerprint density at radius 2 is 2.47 bits per heavy atom. The van der Waals surface area contributed by atoms with Crippen LogP contribution in [0.5, 0.6) is 0 Å². The molecule has 1 fully saturated rings. The molecule has 3 unspecified atom stereocenters. The van der Waals surface area contributed by atoms with E-state index < -0.39 is 0 Å². The number of ether oxygens (including phenoxy) is 1. The van der Waals surface area contributed by atoms with Crippen LogP contribution in [0.15, 0.2) is 17.5 Å². The number of hydrogen-bond acceptors (Lipinski definition) is 3. The van der Waals surface area contributed by atoms with Crippen LogP contribution in [0.3, 0.4) is 0 Å². The molecule has 17 heavy (non-hydrogen) atoms. The maximum Gasteiger partial charge on any atom is 0.0757 e. The van der Waals surface area contributed by atoms with Gasteiger partial charge in [0.05, 0.1) is 6.10 Å². The van der Waals surface area contributed by atoms with Crippen molar-refractivity contribution in [2.24, 2.45) is 5.92 Å². The normalized spacial score (nSPS) is 26.2. The molecule has 0 spiro atoms. The molecular formula is C14H23NOS. The van der Waals surface area contributed by atoms with Gasteiger partial charge in [-0.2, -0.15) is 0 Å². The van der Waals surface area contributed by atoms with Gasteiger partial charge in [0.1, 0.15) is 0 Å². The third-order valence-corrected chi connectivity index (χ3v) is 4.40. The van der Waals surface area contributed by atoms with Gasteiger partial charge in [-0.05, 0) is 43.2 Å². The summed E-state index contributed by atoms with van der Waals surface area (Å²) in [6, 6.07) is 4.84. The molecule has 1 aliphatic rings. The van der Waals surface area contributed by atoms with Crippen LogP contribution < -0.4 is 5.32 Å².